The average molecular weight is 685 g/mol. The highest BCUT2D eigenvalue weighted by Crippen LogP contribution is 2.63. The molecule has 1 unspecified atom stereocenters. The number of rotatable bonds is 5. The van der Waals surface area contributed by atoms with Crippen LogP contribution in [0.4, 0.5) is 0 Å². The zero-order valence-corrected chi connectivity index (χ0v) is 31.8. The molecule has 0 saturated heterocycles. The smallest absolute Gasteiger partial charge is 0.0415 e. The highest BCUT2D eigenvalue weighted by molar-refractivity contribution is 5.97. The largest absolute Gasteiger partial charge is 0.0751 e. The second-order valence-electron chi connectivity index (χ2n) is 17.3. The fraction of sp³-hybridized carbons (Fsp3) is 0.208. The van der Waals surface area contributed by atoms with E-state index in [1.165, 1.54) is 77.5 Å². The summed E-state index contributed by atoms with van der Waals surface area (Å²) in [6.07, 6.45) is 4.93. The maximum absolute atomic E-state index is 2.56. The number of hydrogen-bond acceptors (Lipinski definition) is 0. The minimum atomic E-state index is -0.446. The van der Waals surface area contributed by atoms with Crippen molar-refractivity contribution in [3.05, 3.63) is 208 Å². The van der Waals surface area contributed by atoms with Gasteiger partial charge in [-0.3, -0.25) is 0 Å². The van der Waals surface area contributed by atoms with E-state index in [9.17, 15) is 0 Å². The summed E-state index contributed by atoms with van der Waals surface area (Å²) < 4.78 is 0. The van der Waals surface area contributed by atoms with Crippen LogP contribution < -0.4 is 0 Å². The summed E-state index contributed by atoms with van der Waals surface area (Å²) in [6, 6.07) is 60.2. The highest BCUT2D eigenvalue weighted by atomic mass is 14.5. The van der Waals surface area contributed by atoms with Gasteiger partial charge in [0.1, 0.15) is 0 Å². The van der Waals surface area contributed by atoms with Crippen LogP contribution in [0, 0.1) is 0 Å². The molecule has 9 rings (SSSR count). The minimum Gasteiger partial charge on any atom is -0.0751 e. The molecule has 0 aromatic heterocycles. The van der Waals surface area contributed by atoms with E-state index >= 15 is 0 Å². The summed E-state index contributed by atoms with van der Waals surface area (Å²) in [5.74, 6) is 0.157. The topological polar surface area (TPSA) is 0 Å². The van der Waals surface area contributed by atoms with Gasteiger partial charge in [0, 0.05) is 17.3 Å². The highest BCUT2D eigenvalue weighted by Gasteiger charge is 2.53. The van der Waals surface area contributed by atoms with Crippen molar-refractivity contribution in [1.29, 1.82) is 0 Å². The third-order valence-corrected chi connectivity index (χ3v) is 12.2. The van der Waals surface area contributed by atoms with Crippen molar-refractivity contribution in [3.8, 4) is 22.3 Å². The monoisotopic (exact) mass is 684 g/mol. The van der Waals surface area contributed by atoms with E-state index in [1.807, 2.05) is 0 Å². The van der Waals surface area contributed by atoms with Gasteiger partial charge >= 0.3 is 0 Å². The lowest BCUT2D eigenvalue weighted by Gasteiger charge is -2.46. The summed E-state index contributed by atoms with van der Waals surface area (Å²) in [4.78, 5) is 0. The van der Waals surface area contributed by atoms with Crippen LogP contribution in [0.3, 0.4) is 0 Å². The lowest BCUT2D eigenvalue weighted by atomic mass is 9.55. The van der Waals surface area contributed by atoms with Crippen LogP contribution in [0.5, 0.6) is 0 Å². The van der Waals surface area contributed by atoms with Gasteiger partial charge in [0.15, 0.2) is 0 Å². The molecular formula is C53H48. The molecule has 260 valence electrons. The van der Waals surface area contributed by atoms with E-state index in [0.717, 1.165) is 0 Å². The number of benzene rings is 7. The molecule has 0 radical (unpaired) electrons. The standard InChI is InChI=1S/C53H48/c1-51(2,3)40-26-29-45-46-30-27-41(52(4,5)6)34-48(46)50(47(45)33-40)53(38-18-9-7-10-19-38,39-20-11-8-12-21-39)49-31-25-37-32-36(24-28-44(37)49)43-23-15-17-35-16-13-14-22-42(35)43/h7-34,49-50H,1-6H3. The van der Waals surface area contributed by atoms with Gasteiger partial charge in [0.2, 0.25) is 0 Å². The lowest BCUT2D eigenvalue weighted by molar-refractivity contribution is 0.415. The number of hydrogen-bond donors (Lipinski definition) is 0. The van der Waals surface area contributed by atoms with Crippen molar-refractivity contribution in [3.63, 3.8) is 0 Å². The first-order valence-corrected chi connectivity index (χ1v) is 19.3. The van der Waals surface area contributed by atoms with Crippen molar-refractivity contribution in [1.82, 2.24) is 0 Å². The normalized spacial score (nSPS) is 15.4. The van der Waals surface area contributed by atoms with Crippen molar-refractivity contribution in [2.75, 3.05) is 0 Å². The Bertz CT molecular complexity index is 2410. The Kier molecular flexibility index (Phi) is 7.75. The van der Waals surface area contributed by atoms with Crippen molar-refractivity contribution < 1.29 is 0 Å². The molecule has 7 aromatic carbocycles. The molecule has 0 N–H and O–H groups in total. The maximum atomic E-state index is 2.56. The quantitative estimate of drug-likeness (QED) is 0.169. The summed E-state index contributed by atoms with van der Waals surface area (Å²) in [5.41, 5.74) is 15.9. The van der Waals surface area contributed by atoms with Crippen molar-refractivity contribution >= 4 is 16.8 Å². The molecule has 0 aliphatic heterocycles. The second-order valence-corrected chi connectivity index (χ2v) is 17.3. The Morgan fingerprint density at radius 1 is 0.415 bits per heavy atom. The molecule has 2 aliphatic carbocycles. The molecule has 2 aliphatic rings. The number of fused-ring (bicyclic) bond motifs is 5. The molecular weight excluding hydrogens is 637 g/mol. The Hall–Kier alpha value is -5.46. The number of allylic oxidation sites excluding steroid dienone is 1. The first-order valence-electron chi connectivity index (χ1n) is 19.3. The zero-order valence-electron chi connectivity index (χ0n) is 31.8. The molecule has 1 atom stereocenters. The van der Waals surface area contributed by atoms with Crippen LogP contribution in [-0.2, 0) is 16.2 Å². The molecule has 0 bridgehead atoms. The van der Waals surface area contributed by atoms with Gasteiger partial charge in [-0.1, -0.05) is 205 Å². The second kappa shape index (κ2) is 12.3. The Morgan fingerprint density at radius 2 is 0.962 bits per heavy atom. The van der Waals surface area contributed by atoms with Crippen molar-refractivity contribution in [2.24, 2.45) is 0 Å². The molecule has 53 heavy (non-hydrogen) atoms. The van der Waals surface area contributed by atoms with Crippen LogP contribution in [0.15, 0.2) is 164 Å². The first kappa shape index (κ1) is 33.4. The molecule has 0 heteroatoms. The third-order valence-electron chi connectivity index (χ3n) is 12.2. The zero-order chi connectivity index (χ0) is 36.5. The van der Waals surface area contributed by atoms with Gasteiger partial charge in [-0.15, -0.1) is 0 Å². The van der Waals surface area contributed by atoms with Gasteiger partial charge in [0.05, 0.1) is 0 Å². The molecule has 0 heterocycles. The van der Waals surface area contributed by atoms with Gasteiger partial charge in [-0.05, 0) is 94.4 Å². The summed E-state index contributed by atoms with van der Waals surface area (Å²) in [5, 5.41) is 2.56. The van der Waals surface area contributed by atoms with Crippen LogP contribution in [0.25, 0.3) is 39.1 Å². The Labute approximate surface area is 315 Å². The molecule has 0 fully saturated rings. The van der Waals surface area contributed by atoms with Gasteiger partial charge in [-0.2, -0.15) is 0 Å². The van der Waals surface area contributed by atoms with E-state index in [2.05, 4.69) is 211 Å². The van der Waals surface area contributed by atoms with Crippen LogP contribution in [-0.4, -0.2) is 0 Å². The van der Waals surface area contributed by atoms with E-state index in [4.69, 9.17) is 0 Å². The SMILES string of the molecule is CC(C)(C)c1ccc2c(c1)C(C(c1ccccc1)(c1ccccc1)C1C=Cc3cc(-c4cccc5ccccc45)ccc31)c1cc(C(C)(C)C)ccc1-2. The molecule has 0 amide bonds. The molecule has 0 spiro atoms. The van der Waals surface area contributed by atoms with Crippen molar-refractivity contribution in [2.45, 2.75) is 69.6 Å². The Balaban J connectivity index is 1.35. The first-order chi connectivity index (χ1) is 25.5. The van der Waals surface area contributed by atoms with Crippen LogP contribution >= 0.6 is 0 Å². The van der Waals surface area contributed by atoms with E-state index in [1.54, 1.807) is 0 Å². The fourth-order valence-electron chi connectivity index (χ4n) is 9.50. The molecule has 7 aromatic rings. The summed E-state index contributed by atoms with van der Waals surface area (Å²) >= 11 is 0. The predicted octanol–water partition coefficient (Wildman–Crippen LogP) is 14.0. The van der Waals surface area contributed by atoms with Gasteiger partial charge in [0.25, 0.3) is 0 Å². The van der Waals surface area contributed by atoms with Gasteiger partial charge in [-0.25, -0.2) is 0 Å². The van der Waals surface area contributed by atoms with Crippen LogP contribution in [0.1, 0.15) is 97.9 Å². The summed E-state index contributed by atoms with van der Waals surface area (Å²) in [6.45, 7) is 14.1. The maximum Gasteiger partial charge on any atom is 0.0415 e. The Morgan fingerprint density at radius 3 is 1.55 bits per heavy atom. The summed E-state index contributed by atoms with van der Waals surface area (Å²) in [7, 11) is 0. The molecule has 0 nitrogen and oxygen atoms in total. The predicted molar refractivity (Wildman–Crippen MR) is 226 cm³/mol. The van der Waals surface area contributed by atoms with E-state index in [0.29, 0.717) is 0 Å². The fourth-order valence-corrected chi connectivity index (χ4v) is 9.50. The van der Waals surface area contributed by atoms with E-state index < -0.39 is 5.41 Å². The van der Waals surface area contributed by atoms with Gasteiger partial charge < -0.3 is 0 Å². The van der Waals surface area contributed by atoms with Crippen LogP contribution in [0.2, 0.25) is 0 Å². The molecule has 0 saturated carbocycles. The lowest BCUT2D eigenvalue weighted by Crippen LogP contribution is -2.40. The average Bonchev–Trinajstić information content (AvgIpc) is 3.74. The minimum absolute atomic E-state index is 0.0188. The van der Waals surface area contributed by atoms with E-state index in [-0.39, 0.29) is 22.7 Å². The third kappa shape index (κ3) is 5.34.